The number of para-hydroxylation sites is 1. The summed E-state index contributed by atoms with van der Waals surface area (Å²) in [5.41, 5.74) is 0.596. The number of anilines is 1. The molecule has 25 heavy (non-hydrogen) atoms. The van der Waals surface area contributed by atoms with E-state index in [1.165, 1.54) is 12.3 Å². The summed E-state index contributed by atoms with van der Waals surface area (Å²) in [6.07, 6.45) is 6.57. The Bertz CT molecular complexity index is 1100. The number of pyridine rings is 1. The number of carbonyl (C=O) groups excluding carboxylic acids is 1. The molecule has 7 nitrogen and oxygen atoms in total. The Morgan fingerprint density at radius 2 is 2.04 bits per heavy atom. The predicted molar refractivity (Wildman–Crippen MR) is 91.8 cm³/mol. The van der Waals surface area contributed by atoms with E-state index in [2.05, 4.69) is 15.3 Å². The minimum atomic E-state index is -0.514. The maximum atomic E-state index is 12.3. The van der Waals surface area contributed by atoms with Gasteiger partial charge in [0.1, 0.15) is 17.7 Å². The average Bonchev–Trinajstić information content (AvgIpc) is 3.17. The third-order valence-corrected chi connectivity index (χ3v) is 3.63. The molecule has 0 unspecified atom stereocenters. The minimum absolute atomic E-state index is 0.0533. The van der Waals surface area contributed by atoms with Crippen LogP contribution in [0, 0.1) is 0 Å². The van der Waals surface area contributed by atoms with Crippen molar-refractivity contribution in [1.29, 1.82) is 0 Å². The number of amides is 1. The molecule has 0 fully saturated rings. The van der Waals surface area contributed by atoms with E-state index in [1.54, 1.807) is 59.7 Å². The zero-order valence-corrected chi connectivity index (χ0v) is 12.9. The largest absolute Gasteiger partial charge is 0.451 e. The van der Waals surface area contributed by atoms with Crippen LogP contribution in [0.3, 0.4) is 0 Å². The molecule has 4 rings (SSSR count). The van der Waals surface area contributed by atoms with Crippen LogP contribution in [-0.4, -0.2) is 20.4 Å². The molecule has 0 aliphatic rings. The Hall–Kier alpha value is -3.74. The maximum Gasteiger partial charge on any atom is 0.291 e. The first-order valence-electron chi connectivity index (χ1n) is 7.49. The number of rotatable bonds is 3. The first-order valence-corrected chi connectivity index (χ1v) is 7.49. The van der Waals surface area contributed by atoms with E-state index >= 15 is 0 Å². The normalized spacial score (nSPS) is 10.7. The summed E-state index contributed by atoms with van der Waals surface area (Å²) < 4.78 is 7.26. The molecule has 0 aliphatic heterocycles. The molecule has 0 spiro atoms. The number of aromatic nitrogens is 3. The van der Waals surface area contributed by atoms with Crippen LogP contribution in [0.4, 0.5) is 5.69 Å². The van der Waals surface area contributed by atoms with Crippen LogP contribution in [-0.2, 0) is 0 Å². The van der Waals surface area contributed by atoms with Gasteiger partial charge in [-0.25, -0.2) is 9.97 Å². The number of imidazole rings is 1. The summed E-state index contributed by atoms with van der Waals surface area (Å²) in [6, 6.07) is 11.4. The van der Waals surface area contributed by atoms with Gasteiger partial charge in [0.15, 0.2) is 11.2 Å². The van der Waals surface area contributed by atoms with Gasteiger partial charge in [0, 0.05) is 18.5 Å². The summed E-state index contributed by atoms with van der Waals surface area (Å²) in [7, 11) is 0. The van der Waals surface area contributed by atoms with E-state index in [-0.39, 0.29) is 11.2 Å². The first-order chi connectivity index (χ1) is 12.2. The highest BCUT2D eigenvalue weighted by atomic mass is 16.3. The van der Waals surface area contributed by atoms with Crippen molar-refractivity contribution in [1.82, 2.24) is 14.5 Å². The summed E-state index contributed by atoms with van der Waals surface area (Å²) in [4.78, 5) is 32.6. The Kier molecular flexibility index (Phi) is 3.59. The lowest BCUT2D eigenvalue weighted by molar-refractivity contribution is 0.0997. The number of nitrogens with one attached hydrogen (secondary N) is 1. The maximum absolute atomic E-state index is 12.3. The van der Waals surface area contributed by atoms with Crippen molar-refractivity contribution >= 4 is 22.6 Å². The monoisotopic (exact) mass is 332 g/mol. The van der Waals surface area contributed by atoms with E-state index in [4.69, 9.17) is 4.42 Å². The number of benzene rings is 1. The van der Waals surface area contributed by atoms with Crippen LogP contribution in [0.25, 0.3) is 16.8 Å². The molecule has 0 saturated heterocycles. The molecule has 0 aliphatic carbocycles. The van der Waals surface area contributed by atoms with E-state index in [0.717, 1.165) is 0 Å². The number of fused-ring (bicyclic) bond motifs is 1. The van der Waals surface area contributed by atoms with Crippen LogP contribution in [0.1, 0.15) is 10.6 Å². The number of carbonyl (C=O) groups is 1. The van der Waals surface area contributed by atoms with Gasteiger partial charge in [0.05, 0.1) is 17.3 Å². The quantitative estimate of drug-likeness (QED) is 0.623. The molecule has 0 atom stereocenters. The molecule has 1 N–H and O–H groups in total. The predicted octanol–water partition coefficient (Wildman–Crippen LogP) is 2.63. The van der Waals surface area contributed by atoms with Crippen molar-refractivity contribution in [3.63, 3.8) is 0 Å². The van der Waals surface area contributed by atoms with Crippen molar-refractivity contribution in [2.24, 2.45) is 0 Å². The zero-order valence-electron chi connectivity index (χ0n) is 12.9. The number of hydrogen-bond donors (Lipinski definition) is 1. The van der Waals surface area contributed by atoms with Gasteiger partial charge in [-0.15, -0.1) is 0 Å². The first kappa shape index (κ1) is 14.8. The fourth-order valence-electron chi connectivity index (χ4n) is 2.42. The SMILES string of the molecule is O=C(Nc1ccc(-n2ccnc2)nc1)c1cc(=O)c2ccccc2o1. The van der Waals surface area contributed by atoms with Crippen LogP contribution in [0.2, 0.25) is 0 Å². The van der Waals surface area contributed by atoms with Gasteiger partial charge >= 0.3 is 0 Å². The molecular formula is C18H12N4O3. The Morgan fingerprint density at radius 1 is 1.16 bits per heavy atom. The fourth-order valence-corrected chi connectivity index (χ4v) is 2.42. The molecular weight excluding hydrogens is 320 g/mol. The topological polar surface area (TPSA) is 90.0 Å². The van der Waals surface area contributed by atoms with Gasteiger partial charge in [-0.2, -0.15) is 0 Å². The molecule has 1 amide bonds. The summed E-state index contributed by atoms with van der Waals surface area (Å²) in [5, 5.41) is 3.10. The van der Waals surface area contributed by atoms with Crippen LogP contribution >= 0.6 is 0 Å². The second-order valence-electron chi connectivity index (χ2n) is 5.30. The van der Waals surface area contributed by atoms with Crippen LogP contribution in [0.5, 0.6) is 0 Å². The highest BCUT2D eigenvalue weighted by Gasteiger charge is 2.12. The summed E-state index contributed by atoms with van der Waals surface area (Å²) in [6.45, 7) is 0. The lowest BCUT2D eigenvalue weighted by Gasteiger charge is -2.06. The molecule has 3 aromatic heterocycles. The van der Waals surface area contributed by atoms with Crippen molar-refractivity contribution < 1.29 is 9.21 Å². The van der Waals surface area contributed by atoms with Gasteiger partial charge in [0.25, 0.3) is 5.91 Å². The van der Waals surface area contributed by atoms with Crippen molar-refractivity contribution in [2.75, 3.05) is 5.32 Å². The average molecular weight is 332 g/mol. The van der Waals surface area contributed by atoms with Crippen molar-refractivity contribution in [3.8, 4) is 5.82 Å². The lowest BCUT2D eigenvalue weighted by Crippen LogP contribution is -2.15. The van der Waals surface area contributed by atoms with Gasteiger partial charge in [-0.3, -0.25) is 14.2 Å². The zero-order chi connectivity index (χ0) is 17.2. The molecule has 0 bridgehead atoms. The highest BCUT2D eigenvalue weighted by molar-refractivity contribution is 6.02. The van der Waals surface area contributed by atoms with Gasteiger partial charge in [-0.1, -0.05) is 12.1 Å². The molecule has 0 radical (unpaired) electrons. The van der Waals surface area contributed by atoms with Gasteiger partial charge in [0.2, 0.25) is 0 Å². The standard InChI is InChI=1S/C18H12N4O3/c23-14-9-16(25-15-4-2-1-3-13(14)15)18(24)21-12-5-6-17(20-10-12)22-8-7-19-11-22/h1-11H,(H,21,24). The summed E-state index contributed by atoms with van der Waals surface area (Å²) >= 11 is 0. The Labute approximate surface area is 141 Å². The van der Waals surface area contributed by atoms with Gasteiger partial charge in [-0.05, 0) is 24.3 Å². The minimum Gasteiger partial charge on any atom is -0.451 e. The van der Waals surface area contributed by atoms with Crippen molar-refractivity contribution in [2.45, 2.75) is 0 Å². The Balaban J connectivity index is 1.59. The second kappa shape index (κ2) is 6.04. The van der Waals surface area contributed by atoms with Crippen LogP contribution in [0.15, 0.2) is 76.6 Å². The van der Waals surface area contributed by atoms with E-state index in [1.807, 2.05) is 0 Å². The van der Waals surface area contributed by atoms with Crippen molar-refractivity contribution in [3.05, 3.63) is 83.4 Å². The van der Waals surface area contributed by atoms with E-state index in [0.29, 0.717) is 22.5 Å². The highest BCUT2D eigenvalue weighted by Crippen LogP contribution is 2.14. The second-order valence-corrected chi connectivity index (χ2v) is 5.30. The lowest BCUT2D eigenvalue weighted by atomic mass is 10.2. The van der Waals surface area contributed by atoms with Crippen LogP contribution < -0.4 is 10.7 Å². The third-order valence-electron chi connectivity index (χ3n) is 3.63. The fraction of sp³-hybridized carbons (Fsp3) is 0. The molecule has 1 aromatic carbocycles. The third kappa shape index (κ3) is 2.90. The van der Waals surface area contributed by atoms with E-state index < -0.39 is 5.91 Å². The molecule has 4 aromatic rings. The Morgan fingerprint density at radius 3 is 2.80 bits per heavy atom. The summed E-state index contributed by atoms with van der Waals surface area (Å²) in [5.74, 6) is 0.107. The smallest absolute Gasteiger partial charge is 0.291 e. The molecule has 0 saturated carbocycles. The van der Waals surface area contributed by atoms with E-state index in [9.17, 15) is 9.59 Å². The number of nitrogens with zero attached hydrogens (tertiary/aromatic N) is 3. The molecule has 3 heterocycles. The molecule has 7 heteroatoms. The molecule has 122 valence electrons. The van der Waals surface area contributed by atoms with Gasteiger partial charge < -0.3 is 9.73 Å². The number of hydrogen-bond acceptors (Lipinski definition) is 5.